The minimum absolute atomic E-state index is 0.00514. The van der Waals surface area contributed by atoms with Crippen LogP contribution in [0.2, 0.25) is 0 Å². The molecule has 2 nitrogen and oxygen atoms in total. The second-order valence-corrected chi connectivity index (χ2v) is 14.8. The molecule has 1 fully saturated rings. The lowest BCUT2D eigenvalue weighted by atomic mass is 9.36. The Morgan fingerprint density at radius 3 is 1.00 bits per heavy atom. The van der Waals surface area contributed by atoms with Gasteiger partial charge in [-0.1, -0.05) is 179 Å². The Morgan fingerprint density at radius 2 is 0.692 bits per heavy atom. The van der Waals surface area contributed by atoms with Crippen molar-refractivity contribution in [1.82, 2.24) is 0 Å². The maximum absolute atomic E-state index is 2.76. The van der Waals surface area contributed by atoms with Crippen LogP contribution in [0.3, 0.4) is 0 Å². The average molecular weight is 675 g/mol. The minimum atomic E-state index is 0.00514. The first-order valence-corrected chi connectivity index (χ1v) is 18.7. The molecule has 0 saturated carbocycles. The molecule has 0 aliphatic carbocycles. The predicted molar refractivity (Wildman–Crippen MR) is 225 cm³/mol. The van der Waals surface area contributed by atoms with E-state index < -0.39 is 0 Å². The average Bonchev–Trinajstić information content (AvgIpc) is 3.71. The molecule has 52 heavy (non-hydrogen) atoms. The van der Waals surface area contributed by atoms with E-state index in [1.165, 1.54) is 89.1 Å². The van der Waals surface area contributed by atoms with Crippen LogP contribution in [0.5, 0.6) is 0 Å². The third-order valence-corrected chi connectivity index (χ3v) is 11.1. The van der Waals surface area contributed by atoms with Crippen molar-refractivity contribution < 1.29 is 0 Å². The zero-order valence-electron chi connectivity index (χ0n) is 31.3. The fourth-order valence-corrected chi connectivity index (χ4v) is 9.46. The quantitative estimate of drug-likeness (QED) is 0.156. The van der Waals surface area contributed by atoms with E-state index in [4.69, 9.17) is 0 Å². The van der Waals surface area contributed by atoms with Crippen LogP contribution in [-0.2, 0) is 0 Å². The lowest BCUT2D eigenvalue weighted by Crippen LogP contribution is -2.52. The molecule has 8 rings (SSSR count). The van der Waals surface area contributed by atoms with Crippen molar-refractivity contribution in [2.45, 2.75) is 47.6 Å². The third kappa shape index (κ3) is 5.89. The van der Waals surface area contributed by atoms with Crippen LogP contribution in [0.4, 0.5) is 11.4 Å². The number of aryl methyl sites for hydroxylation is 6. The van der Waals surface area contributed by atoms with E-state index in [2.05, 4.69) is 197 Å². The maximum atomic E-state index is 2.76. The minimum Gasteiger partial charge on any atom is -0.386 e. The van der Waals surface area contributed by atoms with E-state index in [9.17, 15) is 0 Å². The number of nitrogens with zero attached hydrogens (tertiary/aromatic N) is 2. The number of benzene rings is 6. The van der Waals surface area contributed by atoms with Gasteiger partial charge in [0.2, 0.25) is 0 Å². The zero-order valence-corrected chi connectivity index (χ0v) is 31.3. The van der Waals surface area contributed by atoms with Gasteiger partial charge in [0.25, 0.3) is 0 Å². The molecule has 1 radical (unpaired) electrons. The van der Waals surface area contributed by atoms with Crippen molar-refractivity contribution in [1.29, 1.82) is 0 Å². The Morgan fingerprint density at radius 1 is 0.404 bits per heavy atom. The topological polar surface area (TPSA) is 6.48 Å². The molecule has 6 aromatic carbocycles. The molecule has 0 spiro atoms. The van der Waals surface area contributed by atoms with E-state index in [0.29, 0.717) is 0 Å². The first-order chi connectivity index (χ1) is 25.3. The number of allylic oxidation sites excluding steroid dienone is 2. The van der Waals surface area contributed by atoms with Gasteiger partial charge in [-0.25, -0.2) is 10.9 Å². The summed E-state index contributed by atoms with van der Waals surface area (Å²) in [6, 6.07) is 54.1. The number of rotatable bonds is 7. The van der Waals surface area contributed by atoms with Gasteiger partial charge in [0.1, 0.15) is 0 Å². The number of hydrogen-bond acceptors (Lipinski definition) is 2. The van der Waals surface area contributed by atoms with Crippen molar-refractivity contribution in [3.8, 4) is 0 Å². The summed E-state index contributed by atoms with van der Waals surface area (Å²) < 4.78 is 0. The third-order valence-electron chi connectivity index (χ3n) is 11.1. The summed E-state index contributed by atoms with van der Waals surface area (Å²) >= 11 is 0. The van der Waals surface area contributed by atoms with Gasteiger partial charge >= 0.3 is 0 Å². The lowest BCUT2D eigenvalue weighted by molar-refractivity contribution is 0.849. The van der Waals surface area contributed by atoms with Gasteiger partial charge < -0.3 is 9.80 Å². The highest BCUT2D eigenvalue weighted by atomic mass is 15.4. The molecule has 2 heterocycles. The first kappa shape index (κ1) is 33.6. The Balaban J connectivity index is 1.52. The molecule has 0 bridgehead atoms. The molecule has 6 aromatic rings. The summed E-state index contributed by atoms with van der Waals surface area (Å²) in [5, 5.41) is 0. The fourth-order valence-electron chi connectivity index (χ4n) is 9.46. The number of anilines is 2. The molecule has 0 amide bonds. The van der Waals surface area contributed by atoms with Crippen molar-refractivity contribution in [3.05, 3.63) is 201 Å². The van der Waals surface area contributed by atoms with E-state index in [0.717, 1.165) is 13.1 Å². The highest BCUT2D eigenvalue weighted by Crippen LogP contribution is 2.54. The molecule has 2 aliphatic heterocycles. The van der Waals surface area contributed by atoms with Gasteiger partial charge in [-0.3, -0.25) is 0 Å². The predicted octanol–water partition coefficient (Wildman–Crippen LogP) is 11.5. The first-order valence-electron chi connectivity index (χ1n) is 18.7. The summed E-state index contributed by atoms with van der Waals surface area (Å²) in [4.78, 5) is 5.52. The molecule has 0 N–H and O–H groups in total. The van der Waals surface area contributed by atoms with Crippen molar-refractivity contribution in [3.63, 3.8) is 0 Å². The van der Waals surface area contributed by atoms with E-state index in [1.807, 2.05) is 0 Å². The van der Waals surface area contributed by atoms with Crippen LogP contribution in [0.15, 0.2) is 146 Å². The molecule has 3 heteroatoms. The summed E-state index contributed by atoms with van der Waals surface area (Å²) in [7, 11) is 0. The van der Waals surface area contributed by atoms with E-state index in [-0.39, 0.29) is 12.8 Å². The Bertz CT molecular complexity index is 2100. The highest BCUT2D eigenvalue weighted by Gasteiger charge is 2.41. The van der Waals surface area contributed by atoms with Gasteiger partial charge in [0.05, 0.1) is 0 Å². The van der Waals surface area contributed by atoms with Crippen molar-refractivity contribution >= 4 is 40.2 Å². The standard InChI is InChI=1S/C49H47BN2/c1-33-29-35(3)47(36(4)30-33)51-27-28-52(48-37(5)31-34(2)32-38(48)6)49(51)50-45(41-23-15-9-16-24-41)43(39-19-11-7-12-20-39)44(40-21-13-8-14-22-40)46(50)42-25-17-10-18-26-42/h7-26,29-32,49H,27-28H2,1-6H3/q-1. The molecule has 257 valence electrons. The van der Waals surface area contributed by atoms with E-state index >= 15 is 0 Å². The molecular formula is C49H47BN2-. The van der Waals surface area contributed by atoms with Gasteiger partial charge in [0, 0.05) is 24.5 Å². The summed E-state index contributed by atoms with van der Waals surface area (Å²) in [5.41, 5.74) is 21.1. The van der Waals surface area contributed by atoms with Crippen molar-refractivity contribution in [2.75, 3.05) is 22.9 Å². The highest BCUT2D eigenvalue weighted by molar-refractivity contribution is 7.02. The molecule has 0 aromatic heterocycles. The Labute approximate surface area is 310 Å². The molecule has 2 aliphatic rings. The molecule has 0 unspecified atom stereocenters. The zero-order chi connectivity index (χ0) is 35.9. The second-order valence-electron chi connectivity index (χ2n) is 14.8. The van der Waals surface area contributed by atoms with Crippen LogP contribution in [0.1, 0.15) is 55.6 Å². The largest absolute Gasteiger partial charge is 0.386 e. The molecule has 0 atom stereocenters. The van der Waals surface area contributed by atoms with Crippen LogP contribution in [0, 0.1) is 41.5 Å². The summed E-state index contributed by atoms with van der Waals surface area (Å²) in [5.74, 6) is 0. The second kappa shape index (κ2) is 13.9. The summed E-state index contributed by atoms with van der Waals surface area (Å²) in [6.45, 7) is 15.5. The normalized spacial score (nSPS) is 15.3. The fraction of sp³-hybridized carbons (Fsp3) is 0.184. The van der Waals surface area contributed by atoms with Gasteiger partial charge in [-0.15, -0.1) is 0 Å². The van der Waals surface area contributed by atoms with Gasteiger partial charge in [-0.05, 0) is 87.7 Å². The molecular weight excluding hydrogens is 627 g/mol. The van der Waals surface area contributed by atoms with Crippen molar-refractivity contribution in [2.24, 2.45) is 0 Å². The maximum Gasteiger partial charge on any atom is 0.0413 e. The van der Waals surface area contributed by atoms with Gasteiger partial charge in [-0.2, -0.15) is 0 Å². The van der Waals surface area contributed by atoms with E-state index in [1.54, 1.807) is 0 Å². The SMILES string of the molecule is Cc1cc(C)c(N2CCN(c3c(C)cc(C)cc3C)C2[B-]2C(c3ccccc3)=C(c3ccccc3)C(c3ccccc3)=C2c2ccccc2)c(C)c1. The monoisotopic (exact) mass is 674 g/mol. The van der Waals surface area contributed by atoms with Crippen LogP contribution in [-0.4, -0.2) is 25.9 Å². The number of hydrogen-bond donors (Lipinski definition) is 0. The Hall–Kier alpha value is -5.54. The van der Waals surface area contributed by atoms with Gasteiger partial charge in [0.15, 0.2) is 0 Å². The Kier molecular flexibility index (Phi) is 8.97. The van der Waals surface area contributed by atoms with Crippen LogP contribution < -0.4 is 9.80 Å². The summed E-state index contributed by atoms with van der Waals surface area (Å²) in [6.07, 6.45) is 0. The lowest BCUT2D eigenvalue weighted by Gasteiger charge is -2.49. The van der Waals surface area contributed by atoms with Crippen LogP contribution >= 0.6 is 0 Å². The molecule has 1 saturated heterocycles. The smallest absolute Gasteiger partial charge is 0.0413 e. The van der Waals surface area contributed by atoms with Crippen LogP contribution in [0.25, 0.3) is 22.1 Å².